The van der Waals surface area contributed by atoms with Gasteiger partial charge >= 0.3 is 0 Å². The number of rotatable bonds is 4. The van der Waals surface area contributed by atoms with Crippen LogP contribution < -0.4 is 10.2 Å². The monoisotopic (exact) mass is 411 g/mol. The number of halogens is 1. The number of nitrogens with one attached hydrogen (secondary N) is 1. The van der Waals surface area contributed by atoms with Gasteiger partial charge in [0.15, 0.2) is 5.65 Å². The van der Waals surface area contributed by atoms with Crippen LogP contribution in [0, 0.1) is 0 Å². The topological polar surface area (TPSA) is 72.3 Å². The van der Waals surface area contributed by atoms with Crippen LogP contribution in [-0.4, -0.2) is 47.0 Å². The summed E-state index contributed by atoms with van der Waals surface area (Å²) in [5.74, 6) is 0.269. The highest BCUT2D eigenvalue weighted by atomic mass is 35.5. The van der Waals surface area contributed by atoms with E-state index in [4.69, 9.17) is 21.3 Å². The molecular formula is C21H22ClN5O2. The molecule has 1 N–H and O–H groups in total. The van der Waals surface area contributed by atoms with Crippen molar-refractivity contribution in [2.75, 3.05) is 36.5 Å². The van der Waals surface area contributed by atoms with Gasteiger partial charge in [-0.25, -0.2) is 4.98 Å². The second kappa shape index (κ2) is 7.31. The summed E-state index contributed by atoms with van der Waals surface area (Å²) in [6.07, 6.45) is 3.94. The third-order valence-corrected chi connectivity index (χ3v) is 5.83. The zero-order valence-electron chi connectivity index (χ0n) is 16.2. The number of morpholine rings is 1. The van der Waals surface area contributed by atoms with Crippen molar-refractivity contribution >= 4 is 39.9 Å². The van der Waals surface area contributed by atoms with Crippen molar-refractivity contribution in [3.8, 4) is 0 Å². The summed E-state index contributed by atoms with van der Waals surface area (Å²) in [7, 11) is 1.85. The lowest BCUT2D eigenvalue weighted by Crippen LogP contribution is -2.36. The Hall–Kier alpha value is -2.64. The summed E-state index contributed by atoms with van der Waals surface area (Å²) in [6, 6.07) is 7.54. The predicted octanol–water partition coefficient (Wildman–Crippen LogP) is 3.59. The number of aryl methyl sites for hydroxylation is 1. The van der Waals surface area contributed by atoms with Crippen LogP contribution in [0.1, 0.15) is 34.8 Å². The first-order valence-electron chi connectivity index (χ1n) is 9.86. The van der Waals surface area contributed by atoms with Crippen molar-refractivity contribution in [2.45, 2.75) is 18.8 Å². The zero-order chi connectivity index (χ0) is 20.0. The normalized spacial score (nSPS) is 17.0. The lowest BCUT2D eigenvalue weighted by atomic mass is 10.1. The van der Waals surface area contributed by atoms with E-state index in [2.05, 4.69) is 15.3 Å². The molecule has 1 amide bonds. The van der Waals surface area contributed by atoms with Crippen molar-refractivity contribution in [1.29, 1.82) is 0 Å². The maximum atomic E-state index is 13.1. The fourth-order valence-electron chi connectivity index (χ4n) is 3.75. The minimum absolute atomic E-state index is 0.178. The molecule has 0 unspecified atom stereocenters. The average molecular weight is 412 g/mol. The largest absolute Gasteiger partial charge is 0.378 e. The molecule has 1 aromatic carbocycles. The van der Waals surface area contributed by atoms with Gasteiger partial charge in [-0.15, -0.1) is 0 Å². The molecule has 0 bridgehead atoms. The molecule has 1 saturated heterocycles. The summed E-state index contributed by atoms with van der Waals surface area (Å²) in [6.45, 7) is 3.01. The number of pyridine rings is 1. The Bertz CT molecular complexity index is 1090. The van der Waals surface area contributed by atoms with Gasteiger partial charge in [-0.1, -0.05) is 11.6 Å². The number of fused-ring (bicyclic) bond motifs is 1. The van der Waals surface area contributed by atoms with Gasteiger partial charge in [0.05, 0.1) is 41.1 Å². The van der Waals surface area contributed by atoms with E-state index in [9.17, 15) is 4.79 Å². The van der Waals surface area contributed by atoms with Crippen molar-refractivity contribution in [1.82, 2.24) is 14.8 Å². The molecule has 0 atom stereocenters. The molecule has 2 aliphatic rings. The van der Waals surface area contributed by atoms with Crippen LogP contribution in [0.2, 0.25) is 5.02 Å². The Morgan fingerprint density at radius 3 is 2.76 bits per heavy atom. The third-order valence-electron chi connectivity index (χ3n) is 5.52. The second-order valence-electron chi connectivity index (χ2n) is 7.59. The van der Waals surface area contributed by atoms with Gasteiger partial charge in [-0.2, -0.15) is 5.10 Å². The first-order chi connectivity index (χ1) is 14.1. The van der Waals surface area contributed by atoms with Crippen LogP contribution in [0.3, 0.4) is 0 Å². The van der Waals surface area contributed by atoms with Gasteiger partial charge in [-0.05, 0) is 37.1 Å². The number of carbonyl (C=O) groups is 1. The Labute approximate surface area is 173 Å². The molecule has 29 heavy (non-hydrogen) atoms. The number of nitrogens with zero attached hydrogens (tertiary/aromatic N) is 4. The first kappa shape index (κ1) is 18.4. The molecular weight excluding hydrogens is 390 g/mol. The highest BCUT2D eigenvalue weighted by Crippen LogP contribution is 2.40. The smallest absolute Gasteiger partial charge is 0.256 e. The summed E-state index contributed by atoms with van der Waals surface area (Å²) < 4.78 is 7.11. The van der Waals surface area contributed by atoms with Crippen LogP contribution in [0.4, 0.5) is 11.4 Å². The van der Waals surface area contributed by atoms with Crippen molar-refractivity contribution in [3.05, 3.63) is 46.7 Å². The fourth-order valence-corrected chi connectivity index (χ4v) is 4.05. The molecule has 0 radical (unpaired) electrons. The van der Waals surface area contributed by atoms with Crippen LogP contribution in [-0.2, 0) is 11.8 Å². The quantitative estimate of drug-likeness (QED) is 0.710. The number of benzene rings is 1. The molecule has 3 aromatic rings. The summed E-state index contributed by atoms with van der Waals surface area (Å²) in [5, 5.41) is 8.64. The SMILES string of the molecule is Cn1ncc2c(C(=O)Nc3ccc(N4CCOCC4)c(Cl)c3)cc(C3CC3)nc21. The van der Waals surface area contributed by atoms with Crippen LogP contribution >= 0.6 is 11.6 Å². The van der Waals surface area contributed by atoms with Gasteiger partial charge in [0.25, 0.3) is 5.91 Å². The lowest BCUT2D eigenvalue weighted by molar-refractivity contribution is 0.102. The molecule has 8 heteroatoms. The molecule has 150 valence electrons. The third kappa shape index (κ3) is 3.56. The van der Waals surface area contributed by atoms with Gasteiger partial charge < -0.3 is 15.0 Å². The van der Waals surface area contributed by atoms with E-state index in [1.165, 1.54) is 0 Å². The molecule has 3 heterocycles. The number of ether oxygens (including phenoxy) is 1. The Kier molecular flexibility index (Phi) is 4.64. The molecule has 1 saturated carbocycles. The molecule has 1 aliphatic heterocycles. The molecule has 2 fully saturated rings. The number of amides is 1. The standard InChI is InChI=1S/C21H22ClN5O2/c1-26-20-16(12-23-26)15(11-18(25-20)13-2-3-13)21(28)24-14-4-5-19(17(22)10-14)27-6-8-29-9-7-27/h4-5,10-13H,2-3,6-9H2,1H3,(H,24,28). The van der Waals surface area contributed by atoms with Crippen molar-refractivity contribution < 1.29 is 9.53 Å². The first-order valence-corrected chi connectivity index (χ1v) is 10.2. The van der Waals surface area contributed by atoms with E-state index in [0.29, 0.717) is 35.4 Å². The number of anilines is 2. The number of hydrogen-bond donors (Lipinski definition) is 1. The van der Waals surface area contributed by atoms with E-state index in [1.807, 2.05) is 25.2 Å². The maximum absolute atomic E-state index is 13.1. The maximum Gasteiger partial charge on any atom is 0.256 e. The van der Waals surface area contributed by atoms with E-state index in [1.54, 1.807) is 16.9 Å². The van der Waals surface area contributed by atoms with E-state index in [0.717, 1.165) is 48.3 Å². The van der Waals surface area contributed by atoms with Crippen molar-refractivity contribution in [2.24, 2.45) is 7.05 Å². The Balaban J connectivity index is 1.42. The van der Waals surface area contributed by atoms with Crippen LogP contribution in [0.15, 0.2) is 30.5 Å². The lowest BCUT2D eigenvalue weighted by Gasteiger charge is -2.29. The van der Waals surface area contributed by atoms with E-state index in [-0.39, 0.29) is 5.91 Å². The van der Waals surface area contributed by atoms with Gasteiger partial charge in [0.1, 0.15) is 0 Å². The number of aromatic nitrogens is 3. The molecule has 0 spiro atoms. The Morgan fingerprint density at radius 2 is 2.03 bits per heavy atom. The number of carbonyl (C=O) groups excluding carboxylic acids is 1. The molecule has 5 rings (SSSR count). The molecule has 2 aromatic heterocycles. The summed E-state index contributed by atoms with van der Waals surface area (Å²) in [5.41, 5.74) is 3.92. The summed E-state index contributed by atoms with van der Waals surface area (Å²) >= 11 is 6.51. The average Bonchev–Trinajstić information content (AvgIpc) is 3.52. The van der Waals surface area contributed by atoms with Crippen molar-refractivity contribution in [3.63, 3.8) is 0 Å². The highest BCUT2D eigenvalue weighted by Gasteiger charge is 2.28. The Morgan fingerprint density at radius 1 is 1.24 bits per heavy atom. The number of hydrogen-bond acceptors (Lipinski definition) is 5. The van der Waals surface area contributed by atoms with Gasteiger partial charge in [0.2, 0.25) is 0 Å². The van der Waals surface area contributed by atoms with Crippen LogP contribution in [0.25, 0.3) is 11.0 Å². The molecule has 7 nitrogen and oxygen atoms in total. The van der Waals surface area contributed by atoms with Gasteiger partial charge in [0, 0.05) is 37.4 Å². The molecule has 1 aliphatic carbocycles. The minimum atomic E-state index is -0.178. The summed E-state index contributed by atoms with van der Waals surface area (Å²) in [4.78, 5) is 20.0. The van der Waals surface area contributed by atoms with Crippen LogP contribution in [0.5, 0.6) is 0 Å². The highest BCUT2D eigenvalue weighted by molar-refractivity contribution is 6.33. The van der Waals surface area contributed by atoms with E-state index >= 15 is 0 Å². The minimum Gasteiger partial charge on any atom is -0.378 e. The van der Waals surface area contributed by atoms with E-state index < -0.39 is 0 Å². The predicted molar refractivity (Wildman–Crippen MR) is 113 cm³/mol. The van der Waals surface area contributed by atoms with Gasteiger partial charge in [-0.3, -0.25) is 9.48 Å². The fraction of sp³-hybridized carbons (Fsp3) is 0.381. The second-order valence-corrected chi connectivity index (χ2v) is 8.00. The zero-order valence-corrected chi connectivity index (χ0v) is 16.9.